The Balaban J connectivity index is 1.19. The summed E-state index contributed by atoms with van der Waals surface area (Å²) in [6, 6.07) is 32.8. The van der Waals surface area contributed by atoms with E-state index in [4.69, 9.17) is 13.7 Å². The van der Waals surface area contributed by atoms with Gasteiger partial charge < -0.3 is 13.7 Å². The molecule has 5 heteroatoms. The largest absolute Gasteiger partial charge is 0.494 e. The van der Waals surface area contributed by atoms with Crippen LogP contribution in [0.1, 0.15) is 27.7 Å². The standard InChI is InChI=1S/C34H27BO3S/c1-33(2)34(3,4)38-35(37-33)24-11-14-26-25-12-9-22(16-29(25)36-30(26)19-24)23-10-13-27-28-15-20-7-5-6-8-21(20)17-32(28)39-31(27)18-23/h5-19H,1-4H3. The van der Waals surface area contributed by atoms with Crippen LogP contribution in [0.15, 0.2) is 95.4 Å². The molecular formula is C34H27BO3S. The van der Waals surface area contributed by atoms with Crippen LogP contribution in [0.2, 0.25) is 0 Å². The van der Waals surface area contributed by atoms with E-state index < -0.39 is 7.12 Å². The van der Waals surface area contributed by atoms with E-state index in [1.165, 1.54) is 36.5 Å². The van der Waals surface area contributed by atoms with Gasteiger partial charge in [-0.25, -0.2) is 0 Å². The Hall–Kier alpha value is -3.64. The molecule has 190 valence electrons. The molecule has 8 rings (SSSR count). The highest BCUT2D eigenvalue weighted by Crippen LogP contribution is 2.40. The molecule has 1 aliphatic heterocycles. The van der Waals surface area contributed by atoms with Crippen LogP contribution in [-0.2, 0) is 9.31 Å². The molecule has 0 atom stereocenters. The van der Waals surface area contributed by atoms with Crippen LogP contribution in [0, 0.1) is 0 Å². The third-order valence-electron chi connectivity index (χ3n) is 8.70. The van der Waals surface area contributed by atoms with Gasteiger partial charge in [-0.3, -0.25) is 0 Å². The summed E-state index contributed by atoms with van der Waals surface area (Å²) in [7, 11) is -0.409. The molecule has 0 N–H and O–H groups in total. The normalized spacial score (nSPS) is 16.9. The van der Waals surface area contributed by atoms with Crippen molar-refractivity contribution in [3.05, 3.63) is 91.0 Å². The molecule has 0 bridgehead atoms. The topological polar surface area (TPSA) is 31.6 Å². The Morgan fingerprint density at radius 1 is 0.564 bits per heavy atom. The summed E-state index contributed by atoms with van der Waals surface area (Å²) in [4.78, 5) is 0. The SMILES string of the molecule is CC1(C)OB(c2ccc3c(c2)oc2cc(-c4ccc5c(c4)sc4cc6ccccc6cc45)ccc23)OC1(C)C. The lowest BCUT2D eigenvalue weighted by atomic mass is 9.79. The van der Waals surface area contributed by atoms with Crippen LogP contribution in [0.4, 0.5) is 0 Å². The average Bonchev–Trinajstić information content (AvgIpc) is 3.53. The Bertz CT molecular complexity index is 2080. The molecule has 1 fully saturated rings. The van der Waals surface area contributed by atoms with Crippen molar-refractivity contribution < 1.29 is 13.7 Å². The lowest BCUT2D eigenvalue weighted by Gasteiger charge is -2.32. The van der Waals surface area contributed by atoms with Crippen molar-refractivity contribution in [3.8, 4) is 11.1 Å². The van der Waals surface area contributed by atoms with E-state index in [1.807, 2.05) is 11.3 Å². The summed E-state index contributed by atoms with van der Waals surface area (Å²) in [6.07, 6.45) is 0. The highest BCUT2D eigenvalue weighted by atomic mass is 32.1. The molecular weight excluding hydrogens is 499 g/mol. The zero-order valence-corrected chi connectivity index (χ0v) is 23.2. The first-order valence-electron chi connectivity index (χ1n) is 13.4. The van der Waals surface area contributed by atoms with Crippen LogP contribution in [-0.4, -0.2) is 18.3 Å². The van der Waals surface area contributed by atoms with Gasteiger partial charge in [-0.1, -0.05) is 54.6 Å². The Labute approximate surface area is 231 Å². The zero-order valence-electron chi connectivity index (χ0n) is 22.4. The van der Waals surface area contributed by atoms with Crippen molar-refractivity contribution in [2.75, 3.05) is 0 Å². The van der Waals surface area contributed by atoms with Crippen LogP contribution in [0.3, 0.4) is 0 Å². The molecule has 3 nitrogen and oxygen atoms in total. The molecule has 2 aromatic heterocycles. The molecule has 1 saturated heterocycles. The first-order valence-corrected chi connectivity index (χ1v) is 14.2. The van der Waals surface area contributed by atoms with E-state index in [2.05, 4.69) is 119 Å². The smallest absolute Gasteiger partial charge is 0.456 e. The van der Waals surface area contributed by atoms with Gasteiger partial charge in [0.1, 0.15) is 11.2 Å². The van der Waals surface area contributed by atoms with Gasteiger partial charge in [0.05, 0.1) is 11.2 Å². The molecule has 0 unspecified atom stereocenters. The van der Waals surface area contributed by atoms with Gasteiger partial charge in [-0.05, 0) is 91.5 Å². The summed E-state index contributed by atoms with van der Waals surface area (Å²) in [6.45, 7) is 8.30. The Morgan fingerprint density at radius 3 is 1.90 bits per heavy atom. The van der Waals surface area contributed by atoms with Crippen molar-refractivity contribution in [1.29, 1.82) is 0 Å². The lowest BCUT2D eigenvalue weighted by molar-refractivity contribution is 0.00578. The molecule has 0 radical (unpaired) electrons. The van der Waals surface area contributed by atoms with Crippen molar-refractivity contribution in [3.63, 3.8) is 0 Å². The van der Waals surface area contributed by atoms with Gasteiger partial charge in [-0.2, -0.15) is 0 Å². The van der Waals surface area contributed by atoms with Crippen molar-refractivity contribution in [2.24, 2.45) is 0 Å². The molecule has 39 heavy (non-hydrogen) atoms. The van der Waals surface area contributed by atoms with Crippen molar-refractivity contribution in [1.82, 2.24) is 0 Å². The third kappa shape index (κ3) is 3.50. The predicted octanol–water partition coefficient (Wildman–Crippen LogP) is 9.07. The molecule has 7 aromatic rings. The summed E-state index contributed by atoms with van der Waals surface area (Å²) >= 11 is 1.86. The zero-order chi connectivity index (χ0) is 26.5. The average molecular weight is 526 g/mol. The molecule has 5 aromatic carbocycles. The van der Waals surface area contributed by atoms with E-state index >= 15 is 0 Å². The number of fused-ring (bicyclic) bond motifs is 7. The molecule has 1 aliphatic rings. The van der Waals surface area contributed by atoms with Crippen molar-refractivity contribution >= 4 is 76.8 Å². The van der Waals surface area contributed by atoms with Crippen molar-refractivity contribution in [2.45, 2.75) is 38.9 Å². The third-order valence-corrected chi connectivity index (χ3v) is 9.81. The Kier molecular flexibility index (Phi) is 4.74. The first-order chi connectivity index (χ1) is 18.8. The van der Waals surface area contributed by atoms with Gasteiger partial charge in [-0.15, -0.1) is 11.3 Å². The minimum Gasteiger partial charge on any atom is -0.456 e. The maximum atomic E-state index is 6.39. The second-order valence-corrected chi connectivity index (χ2v) is 12.7. The summed E-state index contributed by atoms with van der Waals surface area (Å²) < 4.78 is 21.5. The monoisotopic (exact) mass is 526 g/mol. The fourth-order valence-corrected chi connectivity index (χ4v) is 6.92. The minimum absolute atomic E-state index is 0.377. The van der Waals surface area contributed by atoms with Gasteiger partial charge >= 0.3 is 7.12 Å². The summed E-state index contributed by atoms with van der Waals surface area (Å²) in [5, 5.41) is 7.42. The maximum Gasteiger partial charge on any atom is 0.494 e. The quantitative estimate of drug-likeness (QED) is 0.211. The number of rotatable bonds is 2. The molecule has 0 aliphatic carbocycles. The molecule has 0 amide bonds. The van der Waals surface area contributed by atoms with Crippen LogP contribution in [0.5, 0.6) is 0 Å². The second-order valence-electron chi connectivity index (χ2n) is 11.7. The van der Waals surface area contributed by atoms with Crippen LogP contribution >= 0.6 is 11.3 Å². The fraction of sp³-hybridized carbons (Fsp3) is 0.176. The van der Waals surface area contributed by atoms with E-state index in [-0.39, 0.29) is 11.2 Å². The Morgan fingerprint density at radius 2 is 1.15 bits per heavy atom. The molecule has 3 heterocycles. The van der Waals surface area contributed by atoms with Gasteiger partial charge in [0.25, 0.3) is 0 Å². The number of benzene rings is 5. The maximum absolute atomic E-state index is 6.39. The number of thiophene rings is 1. The lowest BCUT2D eigenvalue weighted by Crippen LogP contribution is -2.41. The second kappa shape index (κ2) is 7.95. The number of hydrogen-bond acceptors (Lipinski definition) is 4. The fourth-order valence-electron chi connectivity index (χ4n) is 5.74. The van der Waals surface area contributed by atoms with Crippen LogP contribution in [0.25, 0.3) is 64.0 Å². The minimum atomic E-state index is -0.409. The van der Waals surface area contributed by atoms with E-state index in [0.29, 0.717) is 0 Å². The van der Waals surface area contributed by atoms with E-state index in [1.54, 1.807) is 0 Å². The molecule has 0 saturated carbocycles. The van der Waals surface area contributed by atoms with Gasteiger partial charge in [0, 0.05) is 30.9 Å². The highest BCUT2D eigenvalue weighted by Gasteiger charge is 2.51. The predicted molar refractivity (Wildman–Crippen MR) is 165 cm³/mol. The van der Waals surface area contributed by atoms with Gasteiger partial charge in [0.15, 0.2) is 0 Å². The highest BCUT2D eigenvalue weighted by molar-refractivity contribution is 7.25. The molecule has 0 spiro atoms. The summed E-state index contributed by atoms with van der Waals surface area (Å²) in [5.74, 6) is 0. The number of hydrogen-bond donors (Lipinski definition) is 0. The summed E-state index contributed by atoms with van der Waals surface area (Å²) in [5.41, 5.74) is 4.30. The number of furan rings is 1. The van der Waals surface area contributed by atoms with Crippen LogP contribution < -0.4 is 5.46 Å². The van der Waals surface area contributed by atoms with E-state index in [9.17, 15) is 0 Å². The van der Waals surface area contributed by atoms with E-state index in [0.717, 1.165) is 33.0 Å². The van der Waals surface area contributed by atoms with Gasteiger partial charge in [0.2, 0.25) is 0 Å². The first kappa shape index (κ1) is 23.3.